The van der Waals surface area contributed by atoms with Gasteiger partial charge in [-0.25, -0.2) is 19.2 Å². The van der Waals surface area contributed by atoms with Crippen molar-refractivity contribution < 1.29 is 38.1 Å². The monoisotopic (exact) mass is 722 g/mol. The normalized spacial score (nSPS) is 9.94. The highest BCUT2D eigenvalue weighted by Gasteiger charge is 2.19. The molecule has 252 valence electrons. The minimum atomic E-state index is -0.671. The first-order valence-electron chi connectivity index (χ1n) is 14.9. The third-order valence-electron chi connectivity index (χ3n) is 6.31. The quantitative estimate of drug-likeness (QED) is 0.0268. The van der Waals surface area contributed by atoms with E-state index in [-0.39, 0.29) is 17.9 Å². The van der Waals surface area contributed by atoms with Gasteiger partial charge in [0.1, 0.15) is 29.4 Å². The summed E-state index contributed by atoms with van der Waals surface area (Å²) in [6.07, 6.45) is 2.27. The molecule has 0 N–H and O–H groups in total. The predicted molar refractivity (Wildman–Crippen MR) is 196 cm³/mol. The van der Waals surface area contributed by atoms with Crippen molar-refractivity contribution in [1.29, 1.82) is 0 Å². The highest BCUT2D eigenvalue weighted by atomic mass is 32.2. The Hall–Kier alpha value is -5.46. The van der Waals surface area contributed by atoms with Crippen molar-refractivity contribution in [2.75, 3.05) is 31.8 Å². The van der Waals surface area contributed by atoms with Gasteiger partial charge in [-0.1, -0.05) is 36.8 Å². The van der Waals surface area contributed by atoms with Crippen LogP contribution in [-0.4, -0.2) is 55.7 Å². The van der Waals surface area contributed by atoms with Crippen LogP contribution in [0.2, 0.25) is 0 Å². The number of rotatable bonds is 13. The lowest BCUT2D eigenvalue weighted by Crippen LogP contribution is -2.11. The molecule has 0 bridgehead atoms. The summed E-state index contributed by atoms with van der Waals surface area (Å²) >= 11 is 4.27. The third kappa shape index (κ3) is 11.9. The fraction of sp³-hybridized carbons (Fsp3) is 0.128. The molecule has 0 unspecified atom stereocenters. The molecule has 0 saturated heterocycles. The van der Waals surface area contributed by atoms with Crippen molar-refractivity contribution in [3.63, 3.8) is 0 Å². The average molecular weight is 723 g/mol. The number of thioether (sulfide) groups is 2. The molecule has 0 spiro atoms. The molecule has 1 heterocycles. The van der Waals surface area contributed by atoms with Crippen molar-refractivity contribution in [1.82, 2.24) is 0 Å². The Balaban J connectivity index is 1.35. The van der Waals surface area contributed by atoms with Gasteiger partial charge in [-0.2, -0.15) is 0 Å². The molecule has 0 aliphatic carbocycles. The van der Waals surface area contributed by atoms with Gasteiger partial charge in [0, 0.05) is 50.1 Å². The number of carbonyl (C=O) groups excluding carboxylic acids is 4. The lowest BCUT2D eigenvalue weighted by molar-refractivity contribution is -0.138. The molecule has 0 atom stereocenters. The molecule has 8 nitrogen and oxygen atoms in total. The molecule has 0 aliphatic rings. The zero-order valence-electron chi connectivity index (χ0n) is 26.9. The zero-order chi connectivity index (χ0) is 35.7. The van der Waals surface area contributed by atoms with Gasteiger partial charge in [0.05, 0.1) is 12.0 Å². The Labute approximate surface area is 302 Å². The van der Waals surface area contributed by atoms with E-state index in [4.69, 9.17) is 18.9 Å². The average Bonchev–Trinajstić information content (AvgIpc) is 3.63. The van der Waals surface area contributed by atoms with Crippen LogP contribution in [0.15, 0.2) is 114 Å². The molecule has 4 rings (SSSR count). The Kier molecular flexibility index (Phi) is 14.6. The van der Waals surface area contributed by atoms with E-state index in [9.17, 15) is 19.2 Å². The van der Waals surface area contributed by atoms with Crippen molar-refractivity contribution in [3.8, 4) is 29.4 Å². The number of hydrogen-bond donors (Lipinski definition) is 0. The Bertz CT molecular complexity index is 1990. The second-order valence-corrected chi connectivity index (χ2v) is 13.2. The Morgan fingerprint density at radius 2 is 1.20 bits per heavy atom. The van der Waals surface area contributed by atoms with Crippen LogP contribution in [-0.2, 0) is 23.8 Å². The first-order valence-corrected chi connectivity index (χ1v) is 17.7. The number of methoxy groups -OCH3 is 1. The fourth-order valence-electron chi connectivity index (χ4n) is 3.90. The van der Waals surface area contributed by atoms with Crippen LogP contribution in [0.1, 0.15) is 41.6 Å². The molecule has 0 radical (unpaired) electrons. The van der Waals surface area contributed by atoms with Crippen molar-refractivity contribution in [3.05, 3.63) is 136 Å². The van der Waals surface area contributed by atoms with Crippen LogP contribution < -0.4 is 4.74 Å². The second kappa shape index (κ2) is 19.5. The van der Waals surface area contributed by atoms with Gasteiger partial charge < -0.3 is 18.9 Å². The topological polar surface area (TPSA) is 105 Å². The van der Waals surface area contributed by atoms with Crippen molar-refractivity contribution in [2.24, 2.45) is 0 Å². The molecule has 11 heteroatoms. The number of ether oxygens (including phenoxy) is 4. The second-order valence-electron chi connectivity index (χ2n) is 9.74. The molecular formula is C39H30O8S3. The van der Waals surface area contributed by atoms with E-state index in [0.29, 0.717) is 33.4 Å². The van der Waals surface area contributed by atoms with E-state index in [2.05, 4.69) is 36.8 Å². The molecule has 1 aromatic heterocycles. The zero-order valence-corrected chi connectivity index (χ0v) is 29.3. The van der Waals surface area contributed by atoms with Crippen LogP contribution in [0.3, 0.4) is 0 Å². The van der Waals surface area contributed by atoms with Gasteiger partial charge in [0.15, 0.2) is 0 Å². The smallest absolute Gasteiger partial charge is 0.353 e. The molecule has 0 fully saturated rings. The van der Waals surface area contributed by atoms with Crippen LogP contribution in [0.5, 0.6) is 5.75 Å². The first-order chi connectivity index (χ1) is 24.3. The maximum atomic E-state index is 13.0. The molecule has 4 aromatic rings. The van der Waals surface area contributed by atoms with Gasteiger partial charge in [-0.3, -0.25) is 0 Å². The summed E-state index contributed by atoms with van der Waals surface area (Å²) in [6, 6.07) is 23.3. The van der Waals surface area contributed by atoms with E-state index >= 15 is 0 Å². The SMILES string of the molecule is C=CC(=O)OCCSc1ccc(C#Cc2ccc(OC(=O)c3ccc(C#Cc4ccc(SCCOC(=O)C=C)cc4)s3)c(C(=O)OC)c2)cc1. The van der Waals surface area contributed by atoms with Gasteiger partial charge in [-0.05, 0) is 78.9 Å². The van der Waals surface area contributed by atoms with Gasteiger partial charge in [0.25, 0.3) is 0 Å². The molecule has 3 aromatic carbocycles. The predicted octanol–water partition coefficient (Wildman–Crippen LogP) is 7.20. The summed E-state index contributed by atoms with van der Waals surface area (Å²) in [5.41, 5.74) is 2.15. The number of esters is 4. The fourth-order valence-corrected chi connectivity index (χ4v) is 6.10. The number of carbonyl (C=O) groups is 4. The molecule has 0 aliphatic heterocycles. The Morgan fingerprint density at radius 1 is 0.680 bits per heavy atom. The van der Waals surface area contributed by atoms with Crippen LogP contribution in [0.4, 0.5) is 0 Å². The summed E-state index contributed by atoms with van der Waals surface area (Å²) in [5, 5.41) is 0. The van der Waals surface area contributed by atoms with E-state index in [1.165, 1.54) is 30.6 Å². The molecule has 0 saturated carbocycles. The van der Waals surface area contributed by atoms with Crippen LogP contribution in [0.25, 0.3) is 0 Å². The van der Waals surface area contributed by atoms with Crippen LogP contribution >= 0.6 is 34.9 Å². The van der Waals surface area contributed by atoms with Gasteiger partial charge in [-0.15, -0.1) is 34.9 Å². The summed E-state index contributed by atoms with van der Waals surface area (Å²) in [6.45, 7) is 7.31. The van der Waals surface area contributed by atoms with Crippen molar-refractivity contribution >= 4 is 58.7 Å². The van der Waals surface area contributed by atoms with E-state index in [1.807, 2.05) is 48.5 Å². The van der Waals surface area contributed by atoms with Crippen LogP contribution in [0, 0.1) is 23.7 Å². The maximum Gasteiger partial charge on any atom is 0.353 e. The number of thiophene rings is 1. The minimum Gasteiger partial charge on any atom is -0.465 e. The summed E-state index contributed by atoms with van der Waals surface area (Å²) in [7, 11) is 1.25. The van der Waals surface area contributed by atoms with Gasteiger partial charge >= 0.3 is 23.9 Å². The largest absolute Gasteiger partial charge is 0.465 e. The van der Waals surface area contributed by atoms with Crippen molar-refractivity contribution in [2.45, 2.75) is 9.79 Å². The lowest BCUT2D eigenvalue weighted by atomic mass is 10.1. The first kappa shape index (κ1) is 37.4. The van der Waals surface area contributed by atoms with E-state index < -0.39 is 23.9 Å². The summed E-state index contributed by atoms with van der Waals surface area (Å²) in [4.78, 5) is 50.9. The number of benzene rings is 3. The standard InChI is InChI=1S/C39H30O8S3/c1-4-36(40)45-22-24-48-30-14-8-27(9-15-30)6-7-29-13-20-34(33(26-29)38(42)44-3)47-39(43)35-21-19-32(50-35)18-12-28-10-16-31(17-11-28)49-25-23-46-37(41)5-2/h4-5,8-11,13-17,19-21,26H,1-2,22-25H2,3H3. The molecule has 50 heavy (non-hydrogen) atoms. The van der Waals surface area contributed by atoms with Gasteiger partial charge in [0.2, 0.25) is 0 Å². The number of hydrogen-bond acceptors (Lipinski definition) is 11. The maximum absolute atomic E-state index is 13.0. The lowest BCUT2D eigenvalue weighted by Gasteiger charge is -2.08. The minimum absolute atomic E-state index is 0.0467. The highest BCUT2D eigenvalue weighted by Crippen LogP contribution is 2.25. The third-order valence-corrected chi connectivity index (χ3v) is 9.24. The Morgan fingerprint density at radius 3 is 1.74 bits per heavy atom. The summed E-state index contributed by atoms with van der Waals surface area (Å²) in [5.74, 6) is 11.3. The molecule has 0 amide bonds. The molecular weight excluding hydrogens is 693 g/mol. The van der Waals surface area contributed by atoms with E-state index in [0.717, 1.165) is 33.1 Å². The highest BCUT2D eigenvalue weighted by molar-refractivity contribution is 7.99. The van der Waals surface area contributed by atoms with E-state index in [1.54, 1.807) is 41.7 Å². The summed E-state index contributed by atoms with van der Waals surface area (Å²) < 4.78 is 20.5.